The van der Waals surface area contributed by atoms with Crippen LogP contribution in [0.1, 0.15) is 23.4 Å². The van der Waals surface area contributed by atoms with Crippen LogP contribution in [0.4, 0.5) is 0 Å². The molecule has 0 N–H and O–H groups in total. The normalized spacial score (nSPS) is 17.4. The summed E-state index contributed by atoms with van der Waals surface area (Å²) >= 11 is 7.25. The second kappa shape index (κ2) is 7.15. The number of aromatic nitrogens is 4. The number of Topliss-reactive ketones (excluding diaryl/α,β-unsaturated/α-hetero) is 1. The number of hydrogen-bond acceptors (Lipinski definition) is 7. The number of fused-ring (bicyclic) bond motifs is 1. The molecular weight excluding hydrogens is 364 g/mol. The number of rotatable bonds is 6. The van der Waals surface area contributed by atoms with E-state index in [0.29, 0.717) is 28.1 Å². The van der Waals surface area contributed by atoms with E-state index < -0.39 is 0 Å². The van der Waals surface area contributed by atoms with Gasteiger partial charge in [-0.15, -0.1) is 5.10 Å². The molecule has 9 heteroatoms. The highest BCUT2D eigenvalue weighted by atomic mass is 35.5. The van der Waals surface area contributed by atoms with Crippen LogP contribution in [0, 0.1) is 0 Å². The molecule has 0 aliphatic carbocycles. The number of benzene rings is 1. The van der Waals surface area contributed by atoms with Crippen LogP contribution in [0.25, 0.3) is 11.0 Å². The van der Waals surface area contributed by atoms with E-state index in [4.69, 9.17) is 20.8 Å². The zero-order chi connectivity index (χ0) is 17.2. The molecule has 130 valence electrons. The van der Waals surface area contributed by atoms with Crippen molar-refractivity contribution in [1.82, 2.24) is 20.2 Å². The molecule has 3 aromatic rings. The van der Waals surface area contributed by atoms with E-state index in [0.717, 1.165) is 24.8 Å². The minimum atomic E-state index is -0.121. The van der Waals surface area contributed by atoms with Gasteiger partial charge >= 0.3 is 0 Å². The Bertz CT molecular complexity index is 904. The van der Waals surface area contributed by atoms with Crippen molar-refractivity contribution in [3.8, 4) is 0 Å². The average molecular weight is 379 g/mol. The largest absolute Gasteiger partial charge is 0.453 e. The fourth-order valence-electron chi connectivity index (χ4n) is 2.75. The fourth-order valence-corrected chi connectivity index (χ4v) is 3.69. The SMILES string of the molecule is O=C(CSc1nnnn1C[C@H]1CCCO1)c1cc2cc(Cl)ccc2o1. The summed E-state index contributed by atoms with van der Waals surface area (Å²) in [7, 11) is 0. The van der Waals surface area contributed by atoms with Gasteiger partial charge in [-0.05, 0) is 47.5 Å². The second-order valence-electron chi connectivity index (χ2n) is 5.78. The molecule has 0 unspecified atom stereocenters. The molecule has 7 nitrogen and oxygen atoms in total. The molecule has 0 bridgehead atoms. The van der Waals surface area contributed by atoms with Crippen LogP contribution in [0.2, 0.25) is 5.02 Å². The van der Waals surface area contributed by atoms with Crippen molar-refractivity contribution in [2.24, 2.45) is 0 Å². The molecule has 1 aliphatic heterocycles. The van der Waals surface area contributed by atoms with Crippen LogP contribution in [0.15, 0.2) is 33.8 Å². The monoisotopic (exact) mass is 378 g/mol. The number of tetrazole rings is 1. The Morgan fingerprint density at radius 3 is 3.16 bits per heavy atom. The molecule has 0 amide bonds. The lowest BCUT2D eigenvalue weighted by Gasteiger charge is -2.09. The summed E-state index contributed by atoms with van der Waals surface area (Å²) in [4.78, 5) is 12.4. The molecule has 3 heterocycles. The van der Waals surface area contributed by atoms with Crippen molar-refractivity contribution in [2.45, 2.75) is 30.6 Å². The first-order valence-electron chi connectivity index (χ1n) is 7.92. The van der Waals surface area contributed by atoms with Gasteiger partial charge in [-0.25, -0.2) is 4.68 Å². The van der Waals surface area contributed by atoms with Crippen molar-refractivity contribution < 1.29 is 13.9 Å². The number of carbonyl (C=O) groups is 1. The van der Waals surface area contributed by atoms with E-state index in [-0.39, 0.29) is 17.6 Å². The molecule has 0 spiro atoms. The van der Waals surface area contributed by atoms with Gasteiger partial charge in [0.2, 0.25) is 10.9 Å². The predicted octanol–water partition coefficient (Wildman–Crippen LogP) is 3.23. The summed E-state index contributed by atoms with van der Waals surface area (Å²) < 4.78 is 12.9. The van der Waals surface area contributed by atoms with Crippen LogP contribution < -0.4 is 0 Å². The van der Waals surface area contributed by atoms with Gasteiger partial charge in [0.1, 0.15) is 5.58 Å². The molecule has 0 saturated carbocycles. The number of halogens is 1. The first-order chi connectivity index (χ1) is 12.2. The predicted molar refractivity (Wildman–Crippen MR) is 93.1 cm³/mol. The summed E-state index contributed by atoms with van der Waals surface area (Å²) in [6, 6.07) is 6.96. The number of nitrogens with zero attached hydrogens (tertiary/aromatic N) is 4. The summed E-state index contributed by atoms with van der Waals surface area (Å²) in [5, 5.41) is 13.7. The van der Waals surface area contributed by atoms with Crippen LogP contribution in [0.5, 0.6) is 0 Å². The first kappa shape index (κ1) is 16.6. The fraction of sp³-hybridized carbons (Fsp3) is 0.375. The molecule has 2 aromatic heterocycles. The second-order valence-corrected chi connectivity index (χ2v) is 7.16. The quantitative estimate of drug-likeness (QED) is 0.481. The maximum absolute atomic E-state index is 12.4. The molecular formula is C16H15ClN4O3S. The molecule has 1 fully saturated rings. The lowest BCUT2D eigenvalue weighted by Crippen LogP contribution is -2.17. The molecule has 1 aliphatic rings. The van der Waals surface area contributed by atoms with Crippen molar-refractivity contribution in [2.75, 3.05) is 12.4 Å². The standard InChI is InChI=1S/C16H15ClN4O3S/c17-11-3-4-14-10(6-11)7-15(24-14)13(22)9-25-16-18-19-20-21(16)8-12-2-1-5-23-12/h3-4,6-7,12H,1-2,5,8-9H2/t12-/m1/s1. The lowest BCUT2D eigenvalue weighted by atomic mass is 10.2. The minimum Gasteiger partial charge on any atom is -0.453 e. The molecule has 1 atom stereocenters. The van der Waals surface area contributed by atoms with Crippen LogP contribution >= 0.6 is 23.4 Å². The van der Waals surface area contributed by atoms with Gasteiger partial charge in [-0.2, -0.15) is 0 Å². The third-order valence-corrected chi connectivity index (χ3v) is 5.18. The molecule has 0 radical (unpaired) electrons. The Hall–Kier alpha value is -1.90. The highest BCUT2D eigenvalue weighted by molar-refractivity contribution is 7.99. The Balaban J connectivity index is 1.42. The van der Waals surface area contributed by atoms with E-state index >= 15 is 0 Å². The van der Waals surface area contributed by atoms with Gasteiger partial charge < -0.3 is 9.15 Å². The van der Waals surface area contributed by atoms with E-state index in [1.807, 2.05) is 0 Å². The van der Waals surface area contributed by atoms with E-state index in [2.05, 4.69) is 15.5 Å². The van der Waals surface area contributed by atoms with Gasteiger partial charge in [-0.1, -0.05) is 23.4 Å². The van der Waals surface area contributed by atoms with Crippen molar-refractivity contribution in [3.63, 3.8) is 0 Å². The maximum Gasteiger partial charge on any atom is 0.209 e. The number of carbonyl (C=O) groups excluding carboxylic acids is 1. The molecule has 25 heavy (non-hydrogen) atoms. The van der Waals surface area contributed by atoms with Crippen LogP contribution in [-0.4, -0.2) is 44.5 Å². The zero-order valence-corrected chi connectivity index (χ0v) is 14.8. The van der Waals surface area contributed by atoms with Gasteiger partial charge in [-0.3, -0.25) is 4.79 Å². The number of furan rings is 1. The van der Waals surface area contributed by atoms with Crippen molar-refractivity contribution in [1.29, 1.82) is 0 Å². The third kappa shape index (κ3) is 3.70. The summed E-state index contributed by atoms with van der Waals surface area (Å²) in [5.41, 5.74) is 0.640. The zero-order valence-electron chi connectivity index (χ0n) is 13.2. The Labute approximate surface area is 152 Å². The third-order valence-electron chi connectivity index (χ3n) is 3.99. The maximum atomic E-state index is 12.4. The van der Waals surface area contributed by atoms with Crippen molar-refractivity contribution >= 4 is 40.1 Å². The number of ether oxygens (including phenoxy) is 1. The molecule has 4 rings (SSSR count). The lowest BCUT2D eigenvalue weighted by molar-refractivity contribution is 0.0912. The van der Waals surface area contributed by atoms with E-state index in [1.54, 1.807) is 28.9 Å². The topological polar surface area (TPSA) is 83.0 Å². The van der Waals surface area contributed by atoms with E-state index in [9.17, 15) is 4.79 Å². The minimum absolute atomic E-state index is 0.121. The van der Waals surface area contributed by atoms with Gasteiger partial charge in [0, 0.05) is 17.0 Å². The summed E-state index contributed by atoms with van der Waals surface area (Å²) in [6.07, 6.45) is 2.20. The van der Waals surface area contributed by atoms with Gasteiger partial charge in [0.05, 0.1) is 18.4 Å². The van der Waals surface area contributed by atoms with Crippen LogP contribution in [0.3, 0.4) is 0 Å². The molecule has 1 aromatic carbocycles. The van der Waals surface area contributed by atoms with Crippen LogP contribution in [-0.2, 0) is 11.3 Å². The number of hydrogen-bond donors (Lipinski definition) is 0. The van der Waals surface area contributed by atoms with Gasteiger partial charge in [0.25, 0.3) is 0 Å². The Morgan fingerprint density at radius 2 is 2.32 bits per heavy atom. The smallest absolute Gasteiger partial charge is 0.209 e. The average Bonchev–Trinajstić information content (AvgIpc) is 3.33. The van der Waals surface area contributed by atoms with E-state index in [1.165, 1.54) is 11.8 Å². The summed E-state index contributed by atoms with van der Waals surface area (Å²) in [5.74, 6) is 0.381. The highest BCUT2D eigenvalue weighted by Gasteiger charge is 2.20. The van der Waals surface area contributed by atoms with Crippen molar-refractivity contribution in [3.05, 3.63) is 35.0 Å². The number of ketones is 1. The Kier molecular flexibility index (Phi) is 4.74. The first-order valence-corrected chi connectivity index (χ1v) is 9.28. The van der Waals surface area contributed by atoms with Gasteiger partial charge in [0.15, 0.2) is 5.76 Å². The number of thioether (sulfide) groups is 1. The highest BCUT2D eigenvalue weighted by Crippen LogP contribution is 2.25. The molecule has 1 saturated heterocycles. The Morgan fingerprint density at radius 1 is 1.40 bits per heavy atom. The summed E-state index contributed by atoms with van der Waals surface area (Å²) in [6.45, 7) is 1.39.